The molecule has 1 aromatic carbocycles. The summed E-state index contributed by atoms with van der Waals surface area (Å²) in [7, 11) is -0.846. The Kier molecular flexibility index (Phi) is 6.11. The van der Waals surface area contributed by atoms with Crippen LogP contribution in [0.3, 0.4) is 0 Å². The molecule has 0 radical (unpaired) electrons. The van der Waals surface area contributed by atoms with Gasteiger partial charge in [-0.05, 0) is 96.1 Å². The van der Waals surface area contributed by atoms with Crippen LogP contribution in [0.1, 0.15) is 78.4 Å². The molecule has 1 fully saturated rings. The number of aryl methyl sites for hydroxylation is 1. The number of pyridine rings is 1. The van der Waals surface area contributed by atoms with E-state index in [0.29, 0.717) is 36.3 Å². The van der Waals surface area contributed by atoms with Gasteiger partial charge in [0.15, 0.2) is 5.78 Å². The zero-order valence-electron chi connectivity index (χ0n) is 19.5. The molecule has 1 unspecified atom stereocenters. The zero-order valence-corrected chi connectivity index (χ0v) is 20.3. The lowest BCUT2D eigenvalue weighted by molar-refractivity contribution is 0.0884. The monoisotopic (exact) mass is 465 g/mol. The average molecular weight is 466 g/mol. The molecule has 3 nitrogen and oxygen atoms in total. The van der Waals surface area contributed by atoms with Crippen LogP contribution in [-0.4, -0.2) is 27.0 Å². The number of aromatic nitrogens is 1. The molecule has 0 aliphatic heterocycles. The van der Waals surface area contributed by atoms with E-state index in [-0.39, 0.29) is 17.0 Å². The largest absolute Gasteiger partial charge is 0.294 e. The summed E-state index contributed by atoms with van der Waals surface area (Å²) in [6.07, 6.45) is 13.7. The second-order valence-corrected chi connectivity index (χ2v) is 11.9. The van der Waals surface area contributed by atoms with Crippen molar-refractivity contribution < 1.29 is 13.4 Å². The maximum Gasteiger partial charge on any atom is 0.162 e. The molecule has 1 heterocycles. The second kappa shape index (κ2) is 8.90. The fourth-order valence-corrected chi connectivity index (χ4v) is 7.46. The van der Waals surface area contributed by atoms with E-state index >= 15 is 0 Å². The van der Waals surface area contributed by atoms with Crippen molar-refractivity contribution in [1.29, 1.82) is 0 Å². The first-order valence-electron chi connectivity index (χ1n) is 12.1. The fourth-order valence-electron chi connectivity index (χ4n) is 6.91. The Labute approximate surface area is 198 Å². The van der Waals surface area contributed by atoms with E-state index in [9.17, 15) is 13.4 Å². The Hall–Kier alpha value is -2.14. The third-order valence-corrected chi connectivity index (χ3v) is 9.34. The van der Waals surface area contributed by atoms with Gasteiger partial charge in [0, 0.05) is 41.0 Å². The Morgan fingerprint density at radius 3 is 2.88 bits per heavy atom. The standard InChI is InChI=1S/C28H32FNO2S/c1-28-12-11-23-22-7-6-19(27(31)4-3-13-33(2)32)14-18(22)5-8-24(23)26(28)10-9-25(28)20-15-21(29)17-30-16-20/h6-7,9,14-17,23-24,26H,3-5,8,10-13H2,1-2H3/t23-,24-,26+,28-,33?/m1/s1. The topological polar surface area (TPSA) is 47.0 Å². The van der Waals surface area contributed by atoms with Crippen molar-refractivity contribution in [2.75, 3.05) is 12.0 Å². The number of halogens is 1. The number of rotatable bonds is 6. The Balaban J connectivity index is 1.34. The summed E-state index contributed by atoms with van der Waals surface area (Å²) < 4.78 is 25.2. The second-order valence-electron chi connectivity index (χ2n) is 10.3. The van der Waals surface area contributed by atoms with Crippen molar-refractivity contribution in [3.05, 3.63) is 70.8 Å². The molecule has 5 atom stereocenters. The minimum atomic E-state index is -0.846. The first-order valence-corrected chi connectivity index (χ1v) is 13.9. The van der Waals surface area contributed by atoms with Crippen LogP contribution in [0.15, 0.2) is 42.7 Å². The molecule has 5 rings (SSSR count). The Morgan fingerprint density at radius 1 is 1.24 bits per heavy atom. The summed E-state index contributed by atoms with van der Waals surface area (Å²) >= 11 is 0. The molecule has 5 heteroatoms. The van der Waals surface area contributed by atoms with Gasteiger partial charge < -0.3 is 0 Å². The first kappa shape index (κ1) is 22.6. The molecular formula is C28H32FNO2S. The highest BCUT2D eigenvalue weighted by molar-refractivity contribution is 7.84. The SMILES string of the molecule is CS(=O)CCCC(=O)c1ccc2c(c1)CC[C@@H]1[C@@H]2CC[C@]2(C)C(c3cncc(F)c3)=CC[C@@H]12. The lowest BCUT2D eigenvalue weighted by atomic mass is 9.54. The summed E-state index contributed by atoms with van der Waals surface area (Å²) in [6.45, 7) is 2.37. The number of hydrogen-bond donors (Lipinski definition) is 0. The smallest absolute Gasteiger partial charge is 0.162 e. The molecule has 1 saturated carbocycles. The quantitative estimate of drug-likeness (QED) is 0.484. The third kappa shape index (κ3) is 4.14. The van der Waals surface area contributed by atoms with Crippen LogP contribution in [0.25, 0.3) is 5.57 Å². The number of benzene rings is 1. The van der Waals surface area contributed by atoms with Crippen LogP contribution in [0, 0.1) is 23.1 Å². The van der Waals surface area contributed by atoms with Gasteiger partial charge in [-0.15, -0.1) is 0 Å². The number of fused-ring (bicyclic) bond motifs is 5. The summed E-state index contributed by atoms with van der Waals surface area (Å²) in [5.41, 5.74) is 5.86. The van der Waals surface area contributed by atoms with Gasteiger partial charge in [0.2, 0.25) is 0 Å². The van der Waals surface area contributed by atoms with E-state index in [1.807, 2.05) is 12.3 Å². The molecule has 3 aliphatic carbocycles. The predicted octanol–water partition coefficient (Wildman–Crippen LogP) is 6.11. The van der Waals surface area contributed by atoms with Crippen LogP contribution >= 0.6 is 0 Å². The van der Waals surface area contributed by atoms with Gasteiger partial charge in [0.1, 0.15) is 5.82 Å². The molecule has 0 saturated heterocycles. The van der Waals surface area contributed by atoms with E-state index in [4.69, 9.17) is 0 Å². The number of hydrogen-bond acceptors (Lipinski definition) is 3. The summed E-state index contributed by atoms with van der Waals surface area (Å²) in [5, 5.41) is 0. The third-order valence-electron chi connectivity index (χ3n) is 8.48. The number of nitrogens with zero attached hydrogens (tertiary/aromatic N) is 1. The molecule has 0 amide bonds. The first-order chi connectivity index (χ1) is 15.9. The van der Waals surface area contributed by atoms with Crippen molar-refractivity contribution in [3.63, 3.8) is 0 Å². The van der Waals surface area contributed by atoms with Gasteiger partial charge in [-0.3, -0.25) is 14.0 Å². The summed E-state index contributed by atoms with van der Waals surface area (Å²) in [6, 6.07) is 7.98. The average Bonchev–Trinajstić information content (AvgIpc) is 3.15. The van der Waals surface area contributed by atoms with E-state index in [1.165, 1.54) is 22.9 Å². The van der Waals surface area contributed by atoms with Crippen LogP contribution < -0.4 is 0 Å². The highest BCUT2D eigenvalue weighted by Crippen LogP contribution is 2.63. The molecule has 0 N–H and O–H groups in total. The number of carbonyl (C=O) groups excluding carboxylic acids is 1. The molecule has 33 heavy (non-hydrogen) atoms. The summed E-state index contributed by atoms with van der Waals surface area (Å²) in [5.74, 6) is 2.20. The van der Waals surface area contributed by atoms with Crippen molar-refractivity contribution in [3.8, 4) is 0 Å². The molecular weight excluding hydrogens is 433 g/mol. The molecule has 2 aromatic rings. The van der Waals surface area contributed by atoms with E-state index in [0.717, 1.165) is 43.2 Å². The van der Waals surface area contributed by atoms with Gasteiger partial charge in [-0.1, -0.05) is 25.1 Å². The van der Waals surface area contributed by atoms with E-state index in [2.05, 4.69) is 30.1 Å². The molecule has 0 spiro atoms. The van der Waals surface area contributed by atoms with Gasteiger partial charge in [0.05, 0.1) is 6.20 Å². The van der Waals surface area contributed by atoms with Crippen molar-refractivity contribution in [1.82, 2.24) is 4.98 Å². The fraction of sp³-hybridized carbons (Fsp3) is 0.500. The number of ketones is 1. The van der Waals surface area contributed by atoms with Crippen molar-refractivity contribution in [2.45, 2.75) is 57.8 Å². The van der Waals surface area contributed by atoms with Crippen LogP contribution in [0.4, 0.5) is 4.39 Å². The van der Waals surface area contributed by atoms with Crippen molar-refractivity contribution in [2.24, 2.45) is 17.3 Å². The normalized spacial score (nSPS) is 28.9. The van der Waals surface area contributed by atoms with Gasteiger partial charge in [0.25, 0.3) is 0 Å². The highest BCUT2D eigenvalue weighted by atomic mass is 32.2. The minimum absolute atomic E-state index is 0.0728. The van der Waals surface area contributed by atoms with Crippen LogP contribution in [0.2, 0.25) is 0 Å². The number of carbonyl (C=O) groups is 1. The summed E-state index contributed by atoms with van der Waals surface area (Å²) in [4.78, 5) is 16.7. The van der Waals surface area contributed by atoms with Crippen LogP contribution in [-0.2, 0) is 17.2 Å². The Bertz CT molecular complexity index is 1140. The maximum atomic E-state index is 13.9. The lowest BCUT2D eigenvalue weighted by Crippen LogP contribution is -2.41. The zero-order chi connectivity index (χ0) is 23.2. The lowest BCUT2D eigenvalue weighted by Gasteiger charge is -2.50. The van der Waals surface area contributed by atoms with Gasteiger partial charge in [-0.25, -0.2) is 4.39 Å². The minimum Gasteiger partial charge on any atom is -0.294 e. The van der Waals surface area contributed by atoms with E-state index < -0.39 is 10.8 Å². The number of Topliss-reactive ketones (excluding diaryl/α,β-unsaturated/α-hetero) is 1. The maximum absolute atomic E-state index is 13.9. The van der Waals surface area contributed by atoms with Crippen LogP contribution in [0.5, 0.6) is 0 Å². The van der Waals surface area contributed by atoms with Gasteiger partial charge >= 0.3 is 0 Å². The van der Waals surface area contributed by atoms with Gasteiger partial charge in [-0.2, -0.15) is 0 Å². The van der Waals surface area contributed by atoms with E-state index in [1.54, 1.807) is 12.3 Å². The molecule has 0 bridgehead atoms. The highest BCUT2D eigenvalue weighted by Gasteiger charge is 2.51. The predicted molar refractivity (Wildman–Crippen MR) is 131 cm³/mol. The number of allylic oxidation sites excluding steroid dienone is 2. The van der Waals surface area contributed by atoms with Crippen molar-refractivity contribution >= 4 is 22.2 Å². The molecule has 174 valence electrons. The molecule has 1 aromatic heterocycles. The molecule has 3 aliphatic rings. The Morgan fingerprint density at radius 2 is 2.09 bits per heavy atom.